The molecule has 0 aromatic carbocycles. The van der Waals surface area contributed by atoms with Crippen molar-refractivity contribution in [2.45, 2.75) is 229 Å². The lowest BCUT2D eigenvalue weighted by atomic mass is 9.85. The van der Waals surface area contributed by atoms with Crippen molar-refractivity contribution in [3.63, 3.8) is 0 Å². The molecule has 0 saturated heterocycles. The molecule has 0 aromatic rings. The fourth-order valence-corrected chi connectivity index (χ4v) is 8.00. The van der Waals surface area contributed by atoms with Gasteiger partial charge in [0.25, 0.3) is 0 Å². The van der Waals surface area contributed by atoms with Gasteiger partial charge in [-0.05, 0) is 70.6 Å². The Hall–Kier alpha value is -1.74. The van der Waals surface area contributed by atoms with E-state index in [-0.39, 0.29) is 6.42 Å². The van der Waals surface area contributed by atoms with Gasteiger partial charge in [0.1, 0.15) is 36.6 Å². The number of hydrogen-bond donors (Lipinski definition) is 9. The van der Waals surface area contributed by atoms with Crippen LogP contribution in [0.15, 0.2) is 48.6 Å². The molecular weight excluding hydrogens is 789 g/mol. The summed E-state index contributed by atoms with van der Waals surface area (Å²) >= 11 is 0. The lowest BCUT2D eigenvalue weighted by molar-refractivity contribution is -0.220. The van der Waals surface area contributed by atoms with Gasteiger partial charge in [-0.2, -0.15) is 0 Å². The molecule has 1 rings (SSSR count). The molecule has 9 N–H and O–H groups in total. The minimum Gasteiger partial charge on any atom is -0.393 e. The number of phosphoric acid groups is 1. The maximum atomic E-state index is 13.0. The number of rotatable bonds is 37. The topological polar surface area (TPSA) is 226 Å². The van der Waals surface area contributed by atoms with Gasteiger partial charge in [-0.3, -0.25) is 13.8 Å². The van der Waals surface area contributed by atoms with Gasteiger partial charge in [-0.25, -0.2) is 4.57 Å². The van der Waals surface area contributed by atoms with Gasteiger partial charge in [-0.15, -0.1) is 0 Å². The van der Waals surface area contributed by atoms with E-state index in [4.69, 9.17) is 9.05 Å². The average Bonchev–Trinajstić information content (AvgIpc) is 3.22. The first-order valence-corrected chi connectivity index (χ1v) is 24.7. The van der Waals surface area contributed by atoms with E-state index in [1.807, 2.05) is 6.08 Å². The van der Waals surface area contributed by atoms with E-state index in [1.54, 1.807) is 6.08 Å². The fraction of sp³-hybridized carbons (Fsp3) is 0.804. The van der Waals surface area contributed by atoms with Crippen LogP contribution in [0.4, 0.5) is 0 Å². The largest absolute Gasteiger partial charge is 0.472 e. The number of carbonyl (C=O) groups excluding carboxylic acids is 1. The summed E-state index contributed by atoms with van der Waals surface area (Å²) < 4.78 is 22.8. The molecule has 350 valence electrons. The molecule has 8 atom stereocenters. The van der Waals surface area contributed by atoms with Crippen LogP contribution in [0.5, 0.6) is 0 Å². The number of carbonyl (C=O) groups is 1. The second kappa shape index (κ2) is 35.7. The third kappa shape index (κ3) is 27.3. The predicted octanol–water partition coefficient (Wildman–Crippen LogP) is 7.53. The lowest BCUT2D eigenvalue weighted by Crippen LogP contribution is -2.64. The molecule has 60 heavy (non-hydrogen) atoms. The molecule has 1 aliphatic carbocycles. The Morgan fingerprint density at radius 3 is 1.48 bits per heavy atom. The van der Waals surface area contributed by atoms with Gasteiger partial charge in [0.05, 0.1) is 31.3 Å². The van der Waals surface area contributed by atoms with E-state index in [2.05, 4.69) is 49.5 Å². The number of allylic oxidation sites excluding steroid dienone is 7. The number of amides is 1. The molecule has 14 heteroatoms. The highest BCUT2D eigenvalue weighted by molar-refractivity contribution is 7.47. The van der Waals surface area contributed by atoms with Gasteiger partial charge in [0, 0.05) is 0 Å². The first-order chi connectivity index (χ1) is 28.8. The van der Waals surface area contributed by atoms with Gasteiger partial charge in [0.15, 0.2) is 0 Å². The first kappa shape index (κ1) is 56.3. The SMILES string of the molecule is CCCCCC/C=C/CC/C=C/CC/C=C/C(O)C(COP(=O)(O)OC1C(O)C(O)C(O)C(O)C1O)NC(=O)CC(O)CCCCC/C=C\CCCCCCCCCCC. The summed E-state index contributed by atoms with van der Waals surface area (Å²) in [5, 5.41) is 74.4. The molecule has 1 saturated carbocycles. The summed E-state index contributed by atoms with van der Waals surface area (Å²) in [4.78, 5) is 23.4. The number of nitrogens with one attached hydrogen (secondary N) is 1. The van der Waals surface area contributed by atoms with Gasteiger partial charge < -0.3 is 46.0 Å². The number of aliphatic hydroxyl groups is 7. The third-order valence-corrected chi connectivity index (χ3v) is 11.8. The second-order valence-corrected chi connectivity index (χ2v) is 17.8. The van der Waals surface area contributed by atoms with Crippen molar-refractivity contribution < 1.29 is 59.0 Å². The van der Waals surface area contributed by atoms with E-state index in [9.17, 15) is 50.0 Å². The predicted molar refractivity (Wildman–Crippen MR) is 238 cm³/mol. The first-order valence-electron chi connectivity index (χ1n) is 23.2. The molecule has 13 nitrogen and oxygen atoms in total. The monoisotopic (exact) mass is 874 g/mol. The van der Waals surface area contributed by atoms with Crippen LogP contribution in [0.25, 0.3) is 0 Å². The summed E-state index contributed by atoms with van der Waals surface area (Å²) in [6, 6.07) is -1.27. The molecule has 1 fully saturated rings. The molecule has 0 spiro atoms. The maximum absolute atomic E-state index is 13.0. The molecule has 0 aliphatic heterocycles. The highest BCUT2D eigenvalue weighted by Crippen LogP contribution is 2.47. The van der Waals surface area contributed by atoms with Gasteiger partial charge >= 0.3 is 7.82 Å². The van der Waals surface area contributed by atoms with E-state index in [1.165, 1.54) is 89.5 Å². The van der Waals surface area contributed by atoms with E-state index in [0.717, 1.165) is 51.4 Å². The summed E-state index contributed by atoms with van der Waals surface area (Å²) in [7, 11) is -5.15. The van der Waals surface area contributed by atoms with Crippen molar-refractivity contribution in [1.29, 1.82) is 0 Å². The molecule has 0 bridgehead atoms. The number of phosphoric ester groups is 1. The van der Waals surface area contributed by atoms with Crippen LogP contribution < -0.4 is 5.32 Å². The van der Waals surface area contributed by atoms with Crippen molar-refractivity contribution in [2.24, 2.45) is 0 Å². The normalized spacial score (nSPS) is 23.8. The lowest BCUT2D eigenvalue weighted by Gasteiger charge is -2.41. The molecule has 1 amide bonds. The highest BCUT2D eigenvalue weighted by atomic mass is 31.2. The summed E-state index contributed by atoms with van der Waals surface area (Å²) in [6.45, 7) is 3.68. The quantitative estimate of drug-likeness (QED) is 0.0168. The number of aliphatic hydroxyl groups excluding tert-OH is 7. The summed E-state index contributed by atoms with van der Waals surface area (Å²) in [6.07, 6.45) is 27.8. The molecule has 0 aromatic heterocycles. The van der Waals surface area contributed by atoms with Crippen molar-refractivity contribution in [3.05, 3.63) is 48.6 Å². The zero-order valence-electron chi connectivity index (χ0n) is 36.9. The standard InChI is InChI=1S/C46H84NO12P/c1-3-5-7-9-11-13-15-17-19-20-21-23-25-27-29-31-33-37(48)35-40(50)47-38(36-58-60(56,57)59-46-44(54)42(52)41(51)43(53)45(46)55)39(49)34-32-30-28-26-24-22-18-16-14-12-10-8-6-4-2/h14,16,21,23-24,26,32,34,37-39,41-46,48-49,51-55H,3-13,15,17-20,22,25,27-31,33,35-36H2,1-2H3,(H,47,50)(H,56,57)/b16-14+,23-21-,26-24+,34-32+. The summed E-state index contributed by atoms with van der Waals surface area (Å²) in [5.41, 5.74) is 0. The zero-order chi connectivity index (χ0) is 44.4. The average molecular weight is 874 g/mol. The minimum atomic E-state index is -5.15. The van der Waals surface area contributed by atoms with Gasteiger partial charge in [0.2, 0.25) is 5.91 Å². The van der Waals surface area contributed by atoms with E-state index in [0.29, 0.717) is 19.3 Å². The minimum absolute atomic E-state index is 0.268. The molecule has 8 unspecified atom stereocenters. The molecule has 0 heterocycles. The summed E-state index contributed by atoms with van der Waals surface area (Å²) in [5.74, 6) is -0.618. The number of unbranched alkanes of at least 4 members (excludes halogenated alkanes) is 18. The Kier molecular flexibility index (Phi) is 33.5. The fourth-order valence-electron chi connectivity index (χ4n) is 7.03. The molecular formula is C46H84NO12P. The van der Waals surface area contributed by atoms with Crippen LogP contribution in [0, 0.1) is 0 Å². The van der Waals surface area contributed by atoms with Crippen molar-refractivity contribution >= 4 is 13.7 Å². The molecule has 1 aliphatic rings. The number of hydrogen-bond acceptors (Lipinski definition) is 11. The smallest absolute Gasteiger partial charge is 0.393 e. The van der Waals surface area contributed by atoms with Crippen LogP contribution >= 0.6 is 7.82 Å². The van der Waals surface area contributed by atoms with E-state index >= 15 is 0 Å². The third-order valence-electron chi connectivity index (χ3n) is 10.9. The van der Waals surface area contributed by atoms with Crippen LogP contribution in [0.3, 0.4) is 0 Å². The van der Waals surface area contributed by atoms with Crippen molar-refractivity contribution in [3.8, 4) is 0 Å². The maximum Gasteiger partial charge on any atom is 0.472 e. The molecule has 0 radical (unpaired) electrons. The Bertz CT molecular complexity index is 1220. The highest BCUT2D eigenvalue weighted by Gasteiger charge is 2.51. The van der Waals surface area contributed by atoms with E-state index < -0.39 is 75.2 Å². The van der Waals surface area contributed by atoms with Crippen LogP contribution in [-0.2, 0) is 18.4 Å². The van der Waals surface area contributed by atoms with Crippen LogP contribution in [0.2, 0.25) is 0 Å². The Labute approximate surface area is 361 Å². The Morgan fingerprint density at radius 1 is 0.583 bits per heavy atom. The van der Waals surface area contributed by atoms with Crippen molar-refractivity contribution in [1.82, 2.24) is 5.32 Å². The van der Waals surface area contributed by atoms with Crippen molar-refractivity contribution in [2.75, 3.05) is 6.61 Å². The van der Waals surface area contributed by atoms with Crippen LogP contribution in [-0.4, -0.2) is 108 Å². The van der Waals surface area contributed by atoms with Gasteiger partial charge in [-0.1, -0.05) is 146 Å². The van der Waals surface area contributed by atoms with Crippen LogP contribution in [0.1, 0.15) is 174 Å². The zero-order valence-corrected chi connectivity index (χ0v) is 37.8. The Balaban J connectivity index is 2.59. The Morgan fingerprint density at radius 2 is 0.983 bits per heavy atom. The second-order valence-electron chi connectivity index (χ2n) is 16.4.